The minimum absolute atomic E-state index is 0.126. The minimum atomic E-state index is -3.82. The summed E-state index contributed by atoms with van der Waals surface area (Å²) in [6.07, 6.45) is -0.691. The maximum absolute atomic E-state index is 13.6. The number of nitrogens with one attached hydrogen (secondary N) is 1. The lowest BCUT2D eigenvalue weighted by atomic mass is 10.1. The van der Waals surface area contributed by atoms with Crippen LogP contribution in [0.15, 0.2) is 23.1 Å². The van der Waals surface area contributed by atoms with Gasteiger partial charge in [0.1, 0.15) is 17.0 Å². The summed E-state index contributed by atoms with van der Waals surface area (Å²) < 4.78 is 37.4. The standard InChI is InChI=1S/C17H26N2O6S/c1-17(2,3)19(9-8-12(11-19)18-16(20)21)26(22,23)13-6-7-14(24-4)15(10-13)25-5/h6-7,10,12,18H,8-9,11H2,1-5H3/p+1. The first-order chi connectivity index (χ1) is 12.0. The second-order valence-electron chi connectivity index (χ2n) is 7.39. The molecule has 0 aliphatic carbocycles. The molecule has 0 aromatic heterocycles. The van der Waals surface area contributed by atoms with E-state index in [1.54, 1.807) is 6.07 Å². The third-order valence-electron chi connectivity index (χ3n) is 5.02. The molecule has 0 radical (unpaired) electrons. The van der Waals surface area contributed by atoms with Gasteiger partial charge in [0.05, 0.1) is 26.8 Å². The topological polar surface area (TPSA) is 102 Å². The Morgan fingerprint density at radius 2 is 1.85 bits per heavy atom. The molecular weight excluding hydrogens is 360 g/mol. The second-order valence-corrected chi connectivity index (χ2v) is 9.51. The van der Waals surface area contributed by atoms with Crippen molar-refractivity contribution in [2.45, 2.75) is 43.7 Å². The van der Waals surface area contributed by atoms with Crippen LogP contribution in [0.4, 0.5) is 4.79 Å². The fourth-order valence-electron chi connectivity index (χ4n) is 3.56. The summed E-state index contributed by atoms with van der Waals surface area (Å²) in [5.41, 5.74) is -0.638. The molecule has 0 spiro atoms. The molecule has 2 N–H and O–H groups in total. The van der Waals surface area contributed by atoms with Gasteiger partial charge in [0, 0.05) is 12.5 Å². The highest BCUT2D eigenvalue weighted by atomic mass is 32.2. The van der Waals surface area contributed by atoms with Crippen molar-refractivity contribution in [1.29, 1.82) is 0 Å². The molecule has 2 unspecified atom stereocenters. The van der Waals surface area contributed by atoms with Crippen molar-refractivity contribution in [2.24, 2.45) is 0 Å². The number of sulfonamides is 1. The Bertz CT molecular complexity index is 787. The molecule has 1 aliphatic rings. The maximum atomic E-state index is 13.6. The average Bonchev–Trinajstić information content (AvgIpc) is 2.99. The predicted octanol–water partition coefficient (Wildman–Crippen LogP) is 2.05. The minimum Gasteiger partial charge on any atom is -0.493 e. The largest absolute Gasteiger partial charge is 0.493 e. The molecular formula is C17H27N2O6S+. The highest BCUT2D eigenvalue weighted by molar-refractivity contribution is 7.86. The number of ether oxygens (including phenoxy) is 2. The van der Waals surface area contributed by atoms with Gasteiger partial charge in [-0.2, -0.15) is 8.42 Å². The Morgan fingerprint density at radius 3 is 2.35 bits per heavy atom. The monoisotopic (exact) mass is 387 g/mol. The highest BCUT2D eigenvalue weighted by Gasteiger charge is 2.56. The second kappa shape index (κ2) is 6.96. The lowest BCUT2D eigenvalue weighted by molar-refractivity contribution is -0.844. The van der Waals surface area contributed by atoms with E-state index in [0.717, 1.165) is 0 Å². The van der Waals surface area contributed by atoms with Gasteiger partial charge < -0.3 is 19.9 Å². The number of rotatable bonds is 5. The molecule has 1 saturated heterocycles. The molecule has 146 valence electrons. The van der Waals surface area contributed by atoms with Crippen LogP contribution in [0.25, 0.3) is 0 Å². The molecule has 1 heterocycles. The van der Waals surface area contributed by atoms with Gasteiger partial charge in [-0.3, -0.25) is 0 Å². The Labute approximate surface area is 154 Å². The van der Waals surface area contributed by atoms with Gasteiger partial charge in [0.25, 0.3) is 0 Å². The van der Waals surface area contributed by atoms with Crippen LogP contribution in [0.5, 0.6) is 11.5 Å². The van der Waals surface area contributed by atoms with E-state index in [1.165, 1.54) is 26.4 Å². The number of methoxy groups -OCH3 is 2. The number of quaternary nitrogens is 1. The Kier molecular flexibility index (Phi) is 5.44. The summed E-state index contributed by atoms with van der Waals surface area (Å²) in [6, 6.07) is 4.10. The lowest BCUT2D eigenvalue weighted by Gasteiger charge is -2.43. The van der Waals surface area contributed by atoms with E-state index in [-0.39, 0.29) is 15.3 Å². The van der Waals surface area contributed by atoms with E-state index in [1.807, 2.05) is 20.8 Å². The zero-order valence-corrected chi connectivity index (χ0v) is 16.6. The Balaban J connectivity index is 2.54. The first-order valence-corrected chi connectivity index (χ1v) is 9.76. The van der Waals surface area contributed by atoms with Gasteiger partial charge >= 0.3 is 16.1 Å². The van der Waals surface area contributed by atoms with Crippen LogP contribution >= 0.6 is 0 Å². The molecule has 9 heteroatoms. The summed E-state index contributed by atoms with van der Waals surface area (Å²) in [6.45, 7) is 6.06. The number of likely N-dealkylation sites (tertiary alicyclic amines) is 1. The van der Waals surface area contributed by atoms with Gasteiger partial charge in [0.2, 0.25) is 0 Å². The van der Waals surface area contributed by atoms with Crippen LogP contribution in [0.1, 0.15) is 27.2 Å². The van der Waals surface area contributed by atoms with Gasteiger partial charge in [0.15, 0.2) is 11.5 Å². The van der Waals surface area contributed by atoms with E-state index in [9.17, 15) is 13.2 Å². The highest BCUT2D eigenvalue weighted by Crippen LogP contribution is 2.41. The van der Waals surface area contributed by atoms with Gasteiger partial charge in [-0.05, 0) is 32.9 Å². The molecule has 1 aromatic carbocycles. The quantitative estimate of drug-likeness (QED) is 0.750. The fourth-order valence-corrected chi connectivity index (χ4v) is 5.90. The van der Waals surface area contributed by atoms with Crippen molar-refractivity contribution < 1.29 is 31.7 Å². The third-order valence-corrected chi connectivity index (χ3v) is 7.67. The van der Waals surface area contributed by atoms with Crippen LogP contribution in [0.2, 0.25) is 0 Å². The van der Waals surface area contributed by atoms with Crippen LogP contribution in [-0.2, 0) is 10.0 Å². The van der Waals surface area contributed by atoms with Crippen molar-refractivity contribution in [3.8, 4) is 11.5 Å². The summed E-state index contributed by atoms with van der Waals surface area (Å²) in [7, 11) is -0.882. The molecule has 0 bridgehead atoms. The number of carbonyl (C=O) groups is 1. The molecule has 1 amide bonds. The van der Waals surface area contributed by atoms with E-state index >= 15 is 0 Å². The van der Waals surface area contributed by atoms with Crippen LogP contribution < -0.4 is 14.8 Å². The predicted molar refractivity (Wildman–Crippen MR) is 96.0 cm³/mol. The molecule has 0 saturated carbocycles. The van der Waals surface area contributed by atoms with E-state index in [4.69, 9.17) is 14.6 Å². The molecule has 1 aromatic rings. The molecule has 2 atom stereocenters. The van der Waals surface area contributed by atoms with Gasteiger partial charge in [-0.15, -0.1) is 0 Å². The summed E-state index contributed by atoms with van der Waals surface area (Å²) in [5, 5.41) is 11.4. The number of hydrogen-bond donors (Lipinski definition) is 2. The Morgan fingerprint density at radius 1 is 1.23 bits per heavy atom. The summed E-state index contributed by atoms with van der Waals surface area (Å²) in [5.74, 6) is 0.778. The molecule has 2 rings (SSSR count). The zero-order chi connectivity index (χ0) is 19.8. The first kappa shape index (κ1) is 20.3. The smallest absolute Gasteiger partial charge is 0.405 e. The SMILES string of the molecule is COc1ccc(S(=O)(=O)[N+]2(C(C)(C)C)CCC(NC(=O)O)C2)cc1OC. The number of carboxylic acid groups (broad SMARTS) is 1. The number of hydrogen-bond acceptors (Lipinski definition) is 5. The third kappa shape index (κ3) is 3.33. The summed E-state index contributed by atoms with van der Waals surface area (Å²) in [4.78, 5) is 11.1. The number of amides is 1. The maximum Gasteiger partial charge on any atom is 0.405 e. The molecule has 1 fully saturated rings. The van der Waals surface area contributed by atoms with E-state index in [2.05, 4.69) is 5.32 Å². The van der Waals surface area contributed by atoms with Crippen molar-refractivity contribution in [1.82, 2.24) is 5.32 Å². The van der Waals surface area contributed by atoms with E-state index in [0.29, 0.717) is 24.5 Å². The normalized spacial score (nSPS) is 23.5. The fraction of sp³-hybridized carbons (Fsp3) is 0.588. The average molecular weight is 387 g/mol. The zero-order valence-electron chi connectivity index (χ0n) is 15.8. The van der Waals surface area contributed by atoms with Crippen molar-refractivity contribution in [2.75, 3.05) is 27.3 Å². The van der Waals surface area contributed by atoms with Gasteiger partial charge in [-0.25, -0.2) is 8.68 Å². The molecule has 1 aliphatic heterocycles. The van der Waals surface area contributed by atoms with Crippen molar-refractivity contribution >= 4 is 16.1 Å². The van der Waals surface area contributed by atoms with Gasteiger partial charge in [-0.1, -0.05) is 0 Å². The molecule has 26 heavy (non-hydrogen) atoms. The lowest BCUT2D eigenvalue weighted by Crippen LogP contribution is -2.62. The first-order valence-electron chi connectivity index (χ1n) is 8.32. The summed E-state index contributed by atoms with van der Waals surface area (Å²) >= 11 is 0. The van der Waals surface area contributed by atoms with Crippen molar-refractivity contribution in [3.05, 3.63) is 18.2 Å². The van der Waals surface area contributed by atoms with Crippen LogP contribution in [-0.4, -0.2) is 62.4 Å². The van der Waals surface area contributed by atoms with E-state index < -0.39 is 27.7 Å². The van der Waals surface area contributed by atoms with Crippen LogP contribution in [0.3, 0.4) is 0 Å². The van der Waals surface area contributed by atoms with Crippen molar-refractivity contribution in [3.63, 3.8) is 0 Å². The Hall–Kier alpha value is -2.00. The number of nitrogens with zero attached hydrogens (tertiary/aromatic N) is 1. The van der Waals surface area contributed by atoms with Crippen LogP contribution in [0, 0.1) is 0 Å². The molecule has 8 nitrogen and oxygen atoms in total. The number of benzene rings is 1.